The van der Waals surface area contributed by atoms with Crippen molar-refractivity contribution in [2.45, 2.75) is 26.2 Å². The average molecular weight is 408 g/mol. The number of anilines is 1. The highest BCUT2D eigenvalue weighted by Crippen LogP contribution is 2.30. The standard InChI is InChI=1S/C24H29N3O3/c1-18(12-13-25)20-8-4-6-10-22(20)30-24(19(2)28)27-16-14-26(15-17-27)21-9-5-7-11-23(21)29-3/h4-12,19,24,28H,14-17H2,1-3H3/b18-12-. The van der Waals surface area contributed by atoms with E-state index in [2.05, 4.69) is 21.9 Å². The molecular formula is C24H29N3O3. The van der Waals surface area contributed by atoms with Gasteiger partial charge in [-0.3, -0.25) is 4.90 Å². The molecular weight excluding hydrogens is 378 g/mol. The molecule has 0 bridgehead atoms. The third-order valence-electron chi connectivity index (χ3n) is 5.35. The molecule has 1 heterocycles. The third kappa shape index (κ3) is 4.93. The van der Waals surface area contributed by atoms with E-state index in [1.165, 1.54) is 6.08 Å². The highest BCUT2D eigenvalue weighted by molar-refractivity contribution is 5.70. The zero-order valence-electron chi connectivity index (χ0n) is 17.8. The van der Waals surface area contributed by atoms with Crippen molar-refractivity contribution >= 4 is 11.3 Å². The van der Waals surface area contributed by atoms with Crippen LogP contribution in [0.1, 0.15) is 19.4 Å². The van der Waals surface area contributed by atoms with Gasteiger partial charge in [0.2, 0.25) is 0 Å². The van der Waals surface area contributed by atoms with E-state index in [0.29, 0.717) is 5.75 Å². The van der Waals surface area contributed by atoms with Crippen molar-refractivity contribution in [1.82, 2.24) is 4.90 Å². The minimum Gasteiger partial charge on any atom is -0.495 e. The summed E-state index contributed by atoms with van der Waals surface area (Å²) in [4.78, 5) is 4.46. The predicted octanol–water partition coefficient (Wildman–Crippen LogP) is 3.53. The highest BCUT2D eigenvalue weighted by Gasteiger charge is 2.30. The lowest BCUT2D eigenvalue weighted by molar-refractivity contribution is -0.0603. The molecule has 2 aromatic carbocycles. The first-order valence-electron chi connectivity index (χ1n) is 10.2. The van der Waals surface area contributed by atoms with Gasteiger partial charge in [0.1, 0.15) is 17.6 Å². The van der Waals surface area contributed by atoms with Gasteiger partial charge in [-0.2, -0.15) is 5.26 Å². The number of hydrogen-bond acceptors (Lipinski definition) is 6. The van der Waals surface area contributed by atoms with E-state index < -0.39 is 12.3 Å². The molecule has 1 saturated heterocycles. The molecule has 2 unspecified atom stereocenters. The first-order valence-corrected chi connectivity index (χ1v) is 10.2. The van der Waals surface area contributed by atoms with Crippen LogP contribution in [0.25, 0.3) is 5.57 Å². The molecule has 1 aliphatic heterocycles. The lowest BCUT2D eigenvalue weighted by Crippen LogP contribution is -2.55. The molecule has 0 aliphatic carbocycles. The van der Waals surface area contributed by atoms with Crippen LogP contribution in [0.2, 0.25) is 0 Å². The lowest BCUT2D eigenvalue weighted by atomic mass is 10.1. The maximum Gasteiger partial charge on any atom is 0.178 e. The molecule has 0 amide bonds. The van der Waals surface area contributed by atoms with Crippen LogP contribution < -0.4 is 14.4 Å². The van der Waals surface area contributed by atoms with Crippen LogP contribution in [0.15, 0.2) is 54.6 Å². The number of nitriles is 1. The largest absolute Gasteiger partial charge is 0.495 e. The van der Waals surface area contributed by atoms with Gasteiger partial charge in [0.05, 0.1) is 18.9 Å². The Morgan fingerprint density at radius 3 is 2.33 bits per heavy atom. The Balaban J connectivity index is 1.74. The molecule has 6 nitrogen and oxygen atoms in total. The maximum atomic E-state index is 10.5. The first kappa shape index (κ1) is 21.7. The smallest absolute Gasteiger partial charge is 0.178 e. The van der Waals surface area contributed by atoms with Crippen LogP contribution in [-0.2, 0) is 0 Å². The van der Waals surface area contributed by atoms with Crippen LogP contribution in [0.3, 0.4) is 0 Å². The summed E-state index contributed by atoms with van der Waals surface area (Å²) >= 11 is 0. The second kappa shape index (κ2) is 10.1. The van der Waals surface area contributed by atoms with Gasteiger partial charge in [-0.25, -0.2) is 0 Å². The van der Waals surface area contributed by atoms with E-state index in [9.17, 15) is 5.11 Å². The van der Waals surface area contributed by atoms with Crippen molar-refractivity contribution in [3.63, 3.8) is 0 Å². The second-order valence-electron chi connectivity index (χ2n) is 7.40. The number of rotatable bonds is 7. The average Bonchev–Trinajstić information content (AvgIpc) is 2.78. The van der Waals surface area contributed by atoms with Crippen LogP contribution >= 0.6 is 0 Å². The van der Waals surface area contributed by atoms with E-state index in [0.717, 1.165) is 48.8 Å². The van der Waals surface area contributed by atoms with Gasteiger partial charge in [0.25, 0.3) is 0 Å². The number of para-hydroxylation sites is 3. The Kier molecular flexibility index (Phi) is 7.34. The number of aliphatic hydroxyl groups is 1. The van der Waals surface area contributed by atoms with Crippen molar-refractivity contribution in [3.8, 4) is 17.6 Å². The number of nitrogens with zero attached hydrogens (tertiary/aromatic N) is 3. The predicted molar refractivity (Wildman–Crippen MR) is 119 cm³/mol. The Bertz CT molecular complexity index is 912. The van der Waals surface area contributed by atoms with Crippen molar-refractivity contribution in [3.05, 3.63) is 60.2 Å². The van der Waals surface area contributed by atoms with Gasteiger partial charge in [-0.05, 0) is 37.6 Å². The van der Waals surface area contributed by atoms with E-state index in [1.807, 2.05) is 49.4 Å². The number of hydrogen-bond donors (Lipinski definition) is 1. The normalized spacial score (nSPS) is 17.2. The molecule has 0 radical (unpaired) electrons. The SMILES string of the molecule is COc1ccccc1N1CCN(C(Oc2ccccc2/C(C)=C\C#N)C(C)O)CC1. The number of allylic oxidation sites excluding steroid dienone is 2. The summed E-state index contributed by atoms with van der Waals surface area (Å²) < 4.78 is 11.8. The van der Waals surface area contributed by atoms with Crippen molar-refractivity contribution in [1.29, 1.82) is 5.26 Å². The molecule has 2 aromatic rings. The van der Waals surface area contributed by atoms with Crippen LogP contribution in [0.5, 0.6) is 11.5 Å². The number of benzene rings is 2. The summed E-state index contributed by atoms with van der Waals surface area (Å²) in [6.07, 6.45) is 0.364. The number of ether oxygens (including phenoxy) is 2. The van der Waals surface area contributed by atoms with Gasteiger partial charge in [-0.1, -0.05) is 30.3 Å². The second-order valence-corrected chi connectivity index (χ2v) is 7.40. The summed E-state index contributed by atoms with van der Waals surface area (Å²) in [7, 11) is 1.69. The van der Waals surface area contributed by atoms with Crippen LogP contribution in [-0.4, -0.2) is 55.6 Å². The Labute approximate surface area is 178 Å². The van der Waals surface area contributed by atoms with Crippen molar-refractivity contribution < 1.29 is 14.6 Å². The summed E-state index contributed by atoms with van der Waals surface area (Å²) in [5, 5.41) is 19.4. The van der Waals surface area contributed by atoms with Gasteiger partial charge in [0, 0.05) is 37.8 Å². The molecule has 3 rings (SSSR count). The van der Waals surface area contributed by atoms with Gasteiger partial charge in [-0.15, -0.1) is 0 Å². The molecule has 2 atom stereocenters. The third-order valence-corrected chi connectivity index (χ3v) is 5.35. The van der Waals surface area contributed by atoms with Crippen molar-refractivity contribution in [2.75, 3.05) is 38.2 Å². The summed E-state index contributed by atoms with van der Waals surface area (Å²) in [6.45, 7) is 6.75. The summed E-state index contributed by atoms with van der Waals surface area (Å²) in [6, 6.07) is 17.7. The molecule has 0 spiro atoms. The quantitative estimate of drug-likeness (QED) is 0.708. The van der Waals surface area contributed by atoms with E-state index in [-0.39, 0.29) is 0 Å². The first-order chi connectivity index (χ1) is 14.5. The Morgan fingerprint density at radius 1 is 1.07 bits per heavy atom. The molecule has 1 aliphatic rings. The molecule has 158 valence electrons. The minimum atomic E-state index is -0.670. The molecule has 30 heavy (non-hydrogen) atoms. The Morgan fingerprint density at radius 2 is 1.70 bits per heavy atom. The molecule has 0 aromatic heterocycles. The fraction of sp³-hybridized carbons (Fsp3) is 0.375. The van der Waals surface area contributed by atoms with E-state index in [4.69, 9.17) is 14.7 Å². The molecule has 0 saturated carbocycles. The molecule has 6 heteroatoms. The monoisotopic (exact) mass is 407 g/mol. The maximum absolute atomic E-state index is 10.5. The van der Waals surface area contributed by atoms with Crippen LogP contribution in [0, 0.1) is 11.3 Å². The molecule has 1 N–H and O–H groups in total. The lowest BCUT2D eigenvalue weighted by Gasteiger charge is -2.41. The van der Waals surface area contributed by atoms with Gasteiger partial charge >= 0.3 is 0 Å². The molecule has 1 fully saturated rings. The number of aliphatic hydroxyl groups excluding tert-OH is 1. The zero-order chi connectivity index (χ0) is 21.5. The van der Waals surface area contributed by atoms with Crippen molar-refractivity contribution in [2.24, 2.45) is 0 Å². The summed E-state index contributed by atoms with van der Waals surface area (Å²) in [5.41, 5.74) is 2.77. The van der Waals surface area contributed by atoms with Gasteiger partial charge in [0.15, 0.2) is 6.23 Å². The fourth-order valence-corrected chi connectivity index (χ4v) is 3.79. The van der Waals surface area contributed by atoms with E-state index in [1.54, 1.807) is 14.0 Å². The van der Waals surface area contributed by atoms with Crippen LogP contribution in [0.4, 0.5) is 5.69 Å². The fourth-order valence-electron chi connectivity index (χ4n) is 3.79. The summed E-state index contributed by atoms with van der Waals surface area (Å²) in [5.74, 6) is 1.53. The minimum absolute atomic E-state index is 0.471. The zero-order valence-corrected chi connectivity index (χ0v) is 17.8. The Hall–Kier alpha value is -3.01. The number of piperazine rings is 1. The topological polar surface area (TPSA) is 69.0 Å². The highest BCUT2D eigenvalue weighted by atomic mass is 16.5. The number of methoxy groups -OCH3 is 1. The van der Waals surface area contributed by atoms with Gasteiger partial charge < -0.3 is 19.5 Å². The van der Waals surface area contributed by atoms with E-state index >= 15 is 0 Å².